The first-order valence-corrected chi connectivity index (χ1v) is 8.03. The van der Waals surface area contributed by atoms with Gasteiger partial charge in [0.25, 0.3) is 0 Å². The molecule has 2 aromatic rings. The zero-order valence-electron chi connectivity index (χ0n) is 11.0. The maximum absolute atomic E-state index is 5.70. The summed E-state index contributed by atoms with van der Waals surface area (Å²) in [6.45, 7) is 2.10. The van der Waals surface area contributed by atoms with E-state index in [2.05, 4.69) is 50.1 Å². The minimum Gasteiger partial charge on any atom is -0.375 e. The number of thiazole rings is 1. The van der Waals surface area contributed by atoms with E-state index in [0.717, 1.165) is 17.6 Å². The molecule has 3 rings (SSSR count). The number of aromatic nitrogens is 1. The van der Waals surface area contributed by atoms with Crippen molar-refractivity contribution >= 4 is 44.8 Å². The smallest absolute Gasteiger partial charge is 0.180 e. The van der Waals surface area contributed by atoms with Gasteiger partial charge < -0.3 is 5.73 Å². The summed E-state index contributed by atoms with van der Waals surface area (Å²) in [5.74, 6) is 0. The van der Waals surface area contributed by atoms with Crippen molar-refractivity contribution in [3.63, 3.8) is 0 Å². The number of anilines is 1. The maximum Gasteiger partial charge on any atom is 0.180 e. The van der Waals surface area contributed by atoms with Crippen LogP contribution in [0.1, 0.15) is 29.3 Å². The molecule has 20 heavy (non-hydrogen) atoms. The van der Waals surface area contributed by atoms with Crippen LogP contribution in [0.25, 0.3) is 0 Å². The monoisotopic (exact) mass is 373 g/mol. The van der Waals surface area contributed by atoms with Crippen LogP contribution in [0.15, 0.2) is 34.9 Å². The van der Waals surface area contributed by atoms with Crippen LogP contribution < -0.4 is 5.73 Å². The molecule has 0 amide bonds. The van der Waals surface area contributed by atoms with Crippen molar-refractivity contribution in [3.05, 3.63) is 45.4 Å². The van der Waals surface area contributed by atoms with Crippen LogP contribution in [0.4, 0.5) is 5.13 Å². The van der Waals surface area contributed by atoms with E-state index < -0.39 is 0 Å². The van der Waals surface area contributed by atoms with E-state index in [-0.39, 0.29) is 12.4 Å². The molecule has 0 aliphatic carbocycles. The number of rotatable bonds is 3. The lowest BCUT2D eigenvalue weighted by atomic mass is 10.0. The highest BCUT2D eigenvalue weighted by atomic mass is 79.9. The summed E-state index contributed by atoms with van der Waals surface area (Å²) in [5.41, 5.74) is 7.09. The zero-order valence-corrected chi connectivity index (χ0v) is 14.2. The Balaban J connectivity index is 0.00000147. The molecule has 0 bridgehead atoms. The lowest BCUT2D eigenvalue weighted by molar-refractivity contribution is 0.250. The van der Waals surface area contributed by atoms with Gasteiger partial charge in [0.05, 0.1) is 0 Å². The molecule has 6 heteroatoms. The summed E-state index contributed by atoms with van der Waals surface area (Å²) in [4.78, 5) is 7.90. The van der Waals surface area contributed by atoms with Crippen LogP contribution in [0.3, 0.4) is 0 Å². The molecule has 3 nitrogen and oxygen atoms in total. The fraction of sp³-hybridized carbons (Fsp3) is 0.357. The SMILES string of the molecule is Cl.Nc1ncc(CN2CCCC2c2cccc(Br)c2)s1. The molecule has 1 aromatic carbocycles. The van der Waals surface area contributed by atoms with Gasteiger partial charge in [0.2, 0.25) is 0 Å². The predicted molar refractivity (Wildman–Crippen MR) is 90.3 cm³/mol. The number of halogens is 2. The van der Waals surface area contributed by atoms with Crippen molar-refractivity contribution in [2.24, 2.45) is 0 Å². The number of likely N-dealkylation sites (tertiary alicyclic amines) is 1. The highest BCUT2D eigenvalue weighted by Crippen LogP contribution is 2.34. The number of benzene rings is 1. The van der Waals surface area contributed by atoms with Crippen molar-refractivity contribution in [1.82, 2.24) is 9.88 Å². The molecule has 1 saturated heterocycles. The Kier molecular flexibility index (Phi) is 5.43. The Hall–Kier alpha value is -0.620. The van der Waals surface area contributed by atoms with Crippen molar-refractivity contribution in [2.75, 3.05) is 12.3 Å². The van der Waals surface area contributed by atoms with Gasteiger partial charge in [-0.15, -0.1) is 23.7 Å². The Morgan fingerprint density at radius 3 is 3.00 bits per heavy atom. The quantitative estimate of drug-likeness (QED) is 0.873. The maximum atomic E-state index is 5.70. The Morgan fingerprint density at radius 2 is 2.30 bits per heavy atom. The molecule has 1 unspecified atom stereocenters. The van der Waals surface area contributed by atoms with E-state index in [9.17, 15) is 0 Å². The van der Waals surface area contributed by atoms with E-state index in [1.54, 1.807) is 11.3 Å². The van der Waals surface area contributed by atoms with E-state index in [1.807, 2.05) is 6.20 Å². The predicted octanol–water partition coefficient (Wildman–Crippen LogP) is 4.25. The summed E-state index contributed by atoms with van der Waals surface area (Å²) in [5, 5.41) is 0.660. The van der Waals surface area contributed by atoms with Crippen LogP contribution >= 0.6 is 39.7 Å². The molecule has 0 saturated carbocycles. The van der Waals surface area contributed by atoms with Gasteiger partial charge in [-0.2, -0.15) is 0 Å². The van der Waals surface area contributed by atoms with E-state index in [0.29, 0.717) is 11.2 Å². The minimum absolute atomic E-state index is 0. The average Bonchev–Trinajstić information content (AvgIpc) is 2.99. The Morgan fingerprint density at radius 1 is 1.45 bits per heavy atom. The molecule has 1 aliphatic heterocycles. The van der Waals surface area contributed by atoms with Gasteiger partial charge in [-0.1, -0.05) is 28.1 Å². The third kappa shape index (κ3) is 3.52. The molecule has 2 N–H and O–H groups in total. The van der Waals surface area contributed by atoms with Crippen molar-refractivity contribution in [2.45, 2.75) is 25.4 Å². The van der Waals surface area contributed by atoms with Crippen molar-refractivity contribution in [1.29, 1.82) is 0 Å². The summed E-state index contributed by atoms with van der Waals surface area (Å²) in [7, 11) is 0. The summed E-state index contributed by atoms with van der Waals surface area (Å²) in [6, 6.07) is 9.15. The molecule has 1 aliphatic rings. The summed E-state index contributed by atoms with van der Waals surface area (Å²) in [6.07, 6.45) is 4.38. The largest absolute Gasteiger partial charge is 0.375 e. The normalized spacial score (nSPS) is 18.9. The lowest BCUT2D eigenvalue weighted by Gasteiger charge is -2.24. The molecule has 1 atom stereocenters. The van der Waals surface area contributed by atoms with Crippen molar-refractivity contribution < 1.29 is 0 Å². The topological polar surface area (TPSA) is 42.1 Å². The molecular weight excluding hydrogens is 358 g/mol. The van der Waals surface area contributed by atoms with Gasteiger partial charge in [-0.05, 0) is 37.1 Å². The van der Waals surface area contributed by atoms with Crippen LogP contribution in [0.2, 0.25) is 0 Å². The van der Waals surface area contributed by atoms with Gasteiger partial charge >= 0.3 is 0 Å². The molecule has 1 fully saturated rings. The highest BCUT2D eigenvalue weighted by Gasteiger charge is 2.26. The molecule has 0 radical (unpaired) electrons. The van der Waals surface area contributed by atoms with Crippen LogP contribution in [-0.2, 0) is 6.54 Å². The van der Waals surface area contributed by atoms with Crippen LogP contribution in [-0.4, -0.2) is 16.4 Å². The fourth-order valence-corrected chi connectivity index (χ4v) is 3.83. The summed E-state index contributed by atoms with van der Waals surface area (Å²) >= 11 is 5.15. The van der Waals surface area contributed by atoms with Gasteiger partial charge in [-0.3, -0.25) is 4.90 Å². The second-order valence-corrected chi connectivity index (χ2v) is 6.91. The molecular formula is C14H17BrClN3S. The van der Waals surface area contributed by atoms with Gasteiger partial charge in [0.1, 0.15) is 0 Å². The fourth-order valence-electron chi connectivity index (χ4n) is 2.70. The first kappa shape index (κ1) is 15.8. The number of nitrogens with two attached hydrogens (primary N) is 1. The minimum atomic E-state index is 0. The van der Waals surface area contributed by atoms with E-state index >= 15 is 0 Å². The van der Waals surface area contributed by atoms with E-state index in [4.69, 9.17) is 5.73 Å². The lowest BCUT2D eigenvalue weighted by Crippen LogP contribution is -2.22. The van der Waals surface area contributed by atoms with E-state index in [1.165, 1.54) is 23.3 Å². The molecule has 108 valence electrons. The zero-order chi connectivity index (χ0) is 13.2. The summed E-state index contributed by atoms with van der Waals surface area (Å²) < 4.78 is 1.15. The van der Waals surface area contributed by atoms with Crippen LogP contribution in [0, 0.1) is 0 Å². The second kappa shape index (κ2) is 6.89. The third-order valence-corrected chi connectivity index (χ3v) is 4.83. The Labute approximate surface area is 137 Å². The number of hydrogen-bond acceptors (Lipinski definition) is 4. The van der Waals surface area contributed by atoms with Gasteiger partial charge in [0, 0.05) is 28.1 Å². The Bertz CT molecular complexity index is 575. The first-order valence-electron chi connectivity index (χ1n) is 6.42. The molecule has 2 heterocycles. The highest BCUT2D eigenvalue weighted by molar-refractivity contribution is 9.10. The van der Waals surface area contributed by atoms with Gasteiger partial charge in [-0.25, -0.2) is 4.98 Å². The standard InChI is InChI=1S/C14H16BrN3S.ClH/c15-11-4-1-3-10(7-11)13-5-2-6-18(13)9-12-8-17-14(16)19-12;/h1,3-4,7-8,13H,2,5-6,9H2,(H2,16,17);1H. The number of nitrogens with zero attached hydrogens (tertiary/aromatic N) is 2. The number of hydrogen-bond donors (Lipinski definition) is 1. The first-order chi connectivity index (χ1) is 9.22. The average molecular weight is 375 g/mol. The van der Waals surface area contributed by atoms with Crippen molar-refractivity contribution in [3.8, 4) is 0 Å². The number of nitrogen functional groups attached to an aromatic ring is 1. The van der Waals surface area contributed by atoms with Crippen LogP contribution in [0.5, 0.6) is 0 Å². The van der Waals surface area contributed by atoms with Gasteiger partial charge in [0.15, 0.2) is 5.13 Å². The molecule has 0 spiro atoms. The third-order valence-electron chi connectivity index (χ3n) is 3.53. The second-order valence-electron chi connectivity index (χ2n) is 4.85. The molecule has 1 aromatic heterocycles.